The number of aryl methyl sites for hydroxylation is 1. The van der Waals surface area contributed by atoms with Crippen LogP contribution in [0.2, 0.25) is 0 Å². The van der Waals surface area contributed by atoms with E-state index in [0.29, 0.717) is 0 Å². The second kappa shape index (κ2) is 7.82. The minimum Gasteiger partial charge on any atom is -0.395 e. The van der Waals surface area contributed by atoms with Gasteiger partial charge in [0.05, 0.1) is 6.61 Å². The first-order valence-electron chi connectivity index (χ1n) is 7.26. The lowest BCUT2D eigenvalue weighted by Gasteiger charge is -2.16. The summed E-state index contributed by atoms with van der Waals surface area (Å²) in [4.78, 5) is 4.43. The number of aromatic nitrogens is 2. The van der Waals surface area contributed by atoms with Gasteiger partial charge in [-0.3, -0.25) is 0 Å². The lowest BCUT2D eigenvalue weighted by atomic mass is 10.2. The van der Waals surface area contributed by atoms with Gasteiger partial charge in [-0.1, -0.05) is 37.3 Å². The lowest BCUT2D eigenvalue weighted by Crippen LogP contribution is -2.34. The molecule has 108 valence electrons. The molecule has 0 aliphatic heterocycles. The van der Waals surface area contributed by atoms with Crippen LogP contribution in [-0.4, -0.2) is 33.9 Å². The number of hydrogen-bond acceptors (Lipinski definition) is 3. The standard InChI is InChI=1S/C16H23N3O/c1-2-9-17-15(13-20)8-11-19-12-10-18-16(19)14-6-4-3-5-7-14/h3-7,10,12,15,17,20H,2,8-9,11,13H2,1H3. The molecule has 20 heavy (non-hydrogen) atoms. The van der Waals surface area contributed by atoms with Crippen molar-refractivity contribution < 1.29 is 5.11 Å². The van der Waals surface area contributed by atoms with Gasteiger partial charge in [-0.25, -0.2) is 4.98 Å². The molecule has 0 saturated heterocycles. The van der Waals surface area contributed by atoms with Crippen molar-refractivity contribution in [3.05, 3.63) is 42.7 Å². The summed E-state index contributed by atoms with van der Waals surface area (Å²) in [6, 6.07) is 10.3. The summed E-state index contributed by atoms with van der Waals surface area (Å²) in [5.41, 5.74) is 1.12. The zero-order valence-electron chi connectivity index (χ0n) is 12.0. The Morgan fingerprint density at radius 3 is 2.80 bits per heavy atom. The molecule has 4 heteroatoms. The van der Waals surface area contributed by atoms with Crippen LogP contribution in [0.25, 0.3) is 11.4 Å². The molecule has 0 bridgehead atoms. The van der Waals surface area contributed by atoms with E-state index in [2.05, 4.69) is 33.9 Å². The summed E-state index contributed by atoms with van der Waals surface area (Å²) >= 11 is 0. The van der Waals surface area contributed by atoms with Crippen LogP contribution in [0.1, 0.15) is 19.8 Å². The number of nitrogens with one attached hydrogen (secondary N) is 1. The molecule has 0 aliphatic rings. The summed E-state index contributed by atoms with van der Waals surface area (Å²) in [5, 5.41) is 12.7. The van der Waals surface area contributed by atoms with Crippen LogP contribution < -0.4 is 5.32 Å². The fourth-order valence-corrected chi connectivity index (χ4v) is 2.24. The minimum absolute atomic E-state index is 0.154. The smallest absolute Gasteiger partial charge is 0.139 e. The number of aliphatic hydroxyl groups excluding tert-OH is 1. The fraction of sp³-hybridized carbons (Fsp3) is 0.438. The van der Waals surface area contributed by atoms with Crippen LogP contribution in [0.4, 0.5) is 0 Å². The van der Waals surface area contributed by atoms with Gasteiger partial charge in [-0.05, 0) is 19.4 Å². The molecule has 0 amide bonds. The third kappa shape index (κ3) is 3.92. The van der Waals surface area contributed by atoms with Crippen molar-refractivity contribution in [2.45, 2.75) is 32.4 Å². The van der Waals surface area contributed by atoms with E-state index >= 15 is 0 Å². The van der Waals surface area contributed by atoms with Gasteiger partial charge in [0.2, 0.25) is 0 Å². The summed E-state index contributed by atoms with van der Waals surface area (Å²) in [5.74, 6) is 0.984. The van der Waals surface area contributed by atoms with Gasteiger partial charge < -0.3 is 15.0 Å². The molecule has 0 radical (unpaired) electrons. The SMILES string of the molecule is CCCNC(CO)CCn1ccnc1-c1ccccc1. The lowest BCUT2D eigenvalue weighted by molar-refractivity contribution is 0.232. The van der Waals surface area contributed by atoms with E-state index in [1.54, 1.807) is 0 Å². The zero-order chi connectivity index (χ0) is 14.2. The maximum Gasteiger partial charge on any atom is 0.139 e. The Hall–Kier alpha value is -1.65. The largest absolute Gasteiger partial charge is 0.395 e. The number of benzene rings is 1. The molecule has 2 rings (SSSR count). The summed E-state index contributed by atoms with van der Waals surface area (Å²) < 4.78 is 2.14. The molecule has 0 aliphatic carbocycles. The van der Waals surface area contributed by atoms with E-state index in [0.717, 1.165) is 37.3 Å². The van der Waals surface area contributed by atoms with Crippen LogP contribution in [-0.2, 0) is 6.54 Å². The third-order valence-corrected chi connectivity index (χ3v) is 3.37. The molecule has 0 spiro atoms. The quantitative estimate of drug-likeness (QED) is 0.776. The van der Waals surface area contributed by atoms with E-state index in [-0.39, 0.29) is 12.6 Å². The fourth-order valence-electron chi connectivity index (χ4n) is 2.24. The molecule has 4 nitrogen and oxygen atoms in total. The van der Waals surface area contributed by atoms with Gasteiger partial charge in [-0.15, -0.1) is 0 Å². The van der Waals surface area contributed by atoms with Crippen molar-refractivity contribution in [2.24, 2.45) is 0 Å². The van der Waals surface area contributed by atoms with E-state index in [1.165, 1.54) is 0 Å². The predicted molar refractivity (Wildman–Crippen MR) is 81.4 cm³/mol. The highest BCUT2D eigenvalue weighted by molar-refractivity contribution is 5.55. The highest BCUT2D eigenvalue weighted by atomic mass is 16.3. The molecule has 0 saturated carbocycles. The first-order valence-corrected chi connectivity index (χ1v) is 7.26. The van der Waals surface area contributed by atoms with Crippen LogP contribution in [0.15, 0.2) is 42.7 Å². The first kappa shape index (κ1) is 14.8. The third-order valence-electron chi connectivity index (χ3n) is 3.37. The summed E-state index contributed by atoms with van der Waals surface area (Å²) in [6.45, 7) is 4.10. The Morgan fingerprint density at radius 2 is 2.10 bits per heavy atom. The minimum atomic E-state index is 0.154. The summed E-state index contributed by atoms with van der Waals surface area (Å²) in [7, 11) is 0. The number of hydrogen-bond donors (Lipinski definition) is 2. The van der Waals surface area contributed by atoms with Gasteiger partial charge >= 0.3 is 0 Å². The van der Waals surface area contributed by atoms with Gasteiger partial charge in [0.1, 0.15) is 5.82 Å². The molecular formula is C16H23N3O. The number of nitrogens with zero attached hydrogens (tertiary/aromatic N) is 2. The van der Waals surface area contributed by atoms with Crippen molar-refractivity contribution in [3.63, 3.8) is 0 Å². The van der Waals surface area contributed by atoms with Crippen molar-refractivity contribution in [2.75, 3.05) is 13.2 Å². The Labute approximate surface area is 120 Å². The Kier molecular flexibility index (Phi) is 5.77. The molecule has 1 aromatic heterocycles. The molecule has 1 heterocycles. The second-order valence-corrected chi connectivity index (χ2v) is 4.93. The van der Waals surface area contributed by atoms with Crippen LogP contribution in [0, 0.1) is 0 Å². The van der Waals surface area contributed by atoms with Crippen molar-refractivity contribution in [1.82, 2.24) is 14.9 Å². The van der Waals surface area contributed by atoms with Crippen LogP contribution >= 0.6 is 0 Å². The molecular weight excluding hydrogens is 250 g/mol. The van der Waals surface area contributed by atoms with E-state index in [4.69, 9.17) is 0 Å². The van der Waals surface area contributed by atoms with Gasteiger partial charge in [0, 0.05) is 30.5 Å². The molecule has 0 fully saturated rings. The first-order chi connectivity index (χ1) is 9.85. The number of aliphatic hydroxyl groups is 1. The van der Waals surface area contributed by atoms with Crippen LogP contribution in [0.5, 0.6) is 0 Å². The maximum absolute atomic E-state index is 9.38. The van der Waals surface area contributed by atoms with Gasteiger partial charge in [0.15, 0.2) is 0 Å². The van der Waals surface area contributed by atoms with E-state index < -0.39 is 0 Å². The highest BCUT2D eigenvalue weighted by Gasteiger charge is 2.09. The van der Waals surface area contributed by atoms with Gasteiger partial charge in [-0.2, -0.15) is 0 Å². The van der Waals surface area contributed by atoms with Crippen molar-refractivity contribution >= 4 is 0 Å². The number of rotatable bonds is 8. The zero-order valence-corrected chi connectivity index (χ0v) is 12.0. The predicted octanol–water partition coefficient (Wildman–Crippen LogP) is 2.30. The van der Waals surface area contributed by atoms with Crippen molar-refractivity contribution in [1.29, 1.82) is 0 Å². The average molecular weight is 273 g/mol. The van der Waals surface area contributed by atoms with Gasteiger partial charge in [0.25, 0.3) is 0 Å². The van der Waals surface area contributed by atoms with Crippen LogP contribution in [0.3, 0.4) is 0 Å². The monoisotopic (exact) mass is 273 g/mol. The Bertz CT molecular complexity index is 495. The van der Waals surface area contributed by atoms with Crippen molar-refractivity contribution in [3.8, 4) is 11.4 Å². The normalized spacial score (nSPS) is 12.5. The molecule has 2 N–H and O–H groups in total. The van der Waals surface area contributed by atoms with E-state index in [1.807, 2.05) is 30.6 Å². The Morgan fingerprint density at radius 1 is 1.30 bits per heavy atom. The van der Waals surface area contributed by atoms with E-state index in [9.17, 15) is 5.11 Å². The topological polar surface area (TPSA) is 50.1 Å². The Balaban J connectivity index is 1.99. The molecule has 1 atom stereocenters. The highest BCUT2D eigenvalue weighted by Crippen LogP contribution is 2.17. The maximum atomic E-state index is 9.38. The second-order valence-electron chi connectivity index (χ2n) is 4.93. The molecule has 2 aromatic rings. The average Bonchev–Trinajstić information content (AvgIpc) is 2.97. The molecule has 1 unspecified atom stereocenters. The number of imidazole rings is 1. The summed E-state index contributed by atoms with van der Waals surface area (Å²) in [6.07, 6.45) is 5.80. The molecule has 1 aromatic carbocycles.